The lowest BCUT2D eigenvalue weighted by Gasteiger charge is -2.46. The summed E-state index contributed by atoms with van der Waals surface area (Å²) < 4.78 is 134. The van der Waals surface area contributed by atoms with E-state index in [0.29, 0.717) is 97.1 Å². The van der Waals surface area contributed by atoms with Gasteiger partial charge in [0.15, 0.2) is 32.9 Å². The summed E-state index contributed by atoms with van der Waals surface area (Å²) in [6, 6.07) is 17.9. The molecule has 3 aromatic rings. The van der Waals surface area contributed by atoms with Gasteiger partial charge in [-0.3, -0.25) is 24.2 Å². The smallest absolute Gasteiger partial charge is 0.381 e. The summed E-state index contributed by atoms with van der Waals surface area (Å²) in [5.41, 5.74) is 9.27. The van der Waals surface area contributed by atoms with Crippen molar-refractivity contribution in [3.05, 3.63) is 105 Å². The Balaban J connectivity index is 0.000000196. The Morgan fingerprint density at radius 2 is 0.925 bits per heavy atom. The highest BCUT2D eigenvalue weighted by atomic mass is 127. The summed E-state index contributed by atoms with van der Waals surface area (Å²) in [6.45, 7) is 0.927. The number of carbonyl (C=O) groups excluding carboxylic acids is 3. The molecule has 15 rings (SSSR count). The maximum atomic E-state index is 14.3. The Morgan fingerprint density at radius 3 is 1.29 bits per heavy atom. The molecule has 0 bridgehead atoms. The van der Waals surface area contributed by atoms with Gasteiger partial charge in [0, 0.05) is 96.2 Å². The van der Waals surface area contributed by atoms with Crippen LogP contribution in [0.3, 0.4) is 0 Å². The van der Waals surface area contributed by atoms with Gasteiger partial charge in [-0.1, -0.05) is 103 Å². The van der Waals surface area contributed by atoms with Gasteiger partial charge in [-0.15, -0.1) is 24.0 Å². The fourth-order valence-electron chi connectivity index (χ4n) is 17.2. The zero-order chi connectivity index (χ0) is 73.5. The number of nitrogens with two attached hydrogens (primary N) is 1. The number of nitrogens with one attached hydrogen (secondary N) is 2. The third-order valence-electron chi connectivity index (χ3n) is 23.2. The van der Waals surface area contributed by atoms with Crippen molar-refractivity contribution in [3.63, 3.8) is 0 Å². The second-order valence-electron chi connectivity index (χ2n) is 29.9. The summed E-state index contributed by atoms with van der Waals surface area (Å²) in [7, 11) is 5.09. The van der Waals surface area contributed by atoms with E-state index in [1.165, 1.54) is 24.8 Å². The highest BCUT2D eigenvalue weighted by molar-refractivity contribution is 14.0. The number of hydrogen-bond acceptors (Lipinski definition) is 12. The van der Waals surface area contributed by atoms with Gasteiger partial charge in [-0.05, 0) is 223 Å². The molecular formula is C80H101BrF9IN8O6S2. The van der Waals surface area contributed by atoms with E-state index in [1.54, 1.807) is 21.3 Å². The molecule has 3 unspecified atom stereocenters. The van der Waals surface area contributed by atoms with Crippen LogP contribution >= 0.6 is 63.9 Å². The molecule has 3 heterocycles. The number of nitrogens with zero attached hydrogens (tertiary/aromatic N) is 4. The molecule has 27 heteroatoms. The fourth-order valence-corrected chi connectivity index (χ4v) is 18.5. The number of benzene rings is 3. The Bertz CT molecular complexity index is 4010. The molecule has 586 valence electrons. The number of fused-ring (bicyclic) bond motifs is 9. The van der Waals surface area contributed by atoms with E-state index in [0.717, 1.165) is 119 Å². The monoisotopic (exact) mass is 1710 g/mol. The minimum Gasteiger partial charge on any atom is -0.381 e. The molecule has 6 spiro atoms. The number of methoxy groups -OCH3 is 3. The van der Waals surface area contributed by atoms with Gasteiger partial charge in [0.2, 0.25) is 0 Å². The first-order valence-electron chi connectivity index (χ1n) is 36.2. The molecule has 7 fully saturated rings. The molecule has 3 amide bonds. The molecule has 0 radical (unpaired) electrons. The van der Waals surface area contributed by atoms with Gasteiger partial charge in [-0.2, -0.15) is 39.5 Å². The Labute approximate surface area is 659 Å². The van der Waals surface area contributed by atoms with Crippen LogP contribution in [0.15, 0.2) is 64.6 Å². The number of ether oxygens (including phenoxy) is 3. The Morgan fingerprint density at radius 1 is 0.570 bits per heavy atom. The van der Waals surface area contributed by atoms with Crippen LogP contribution in [0, 0.1) is 69.5 Å². The number of thioether (sulfide) groups is 1. The van der Waals surface area contributed by atoms with Gasteiger partial charge in [-0.25, -0.2) is 9.98 Å². The predicted molar refractivity (Wildman–Crippen MR) is 418 cm³/mol. The topological polar surface area (TPSA) is 195 Å². The van der Waals surface area contributed by atoms with Crippen LogP contribution < -0.4 is 22.5 Å². The zero-order valence-corrected chi connectivity index (χ0v) is 65.2. The third kappa shape index (κ3) is 18.1. The highest BCUT2D eigenvalue weighted by Gasteiger charge is 2.70. The normalized spacial score (nSPS) is 28.9. The number of thiocarbonyl (C=S) groups is 1. The number of amides is 3. The summed E-state index contributed by atoms with van der Waals surface area (Å²) in [4.78, 5) is 53.1. The molecule has 1 saturated heterocycles. The number of hydrogen-bond donors (Lipinski definition) is 4. The van der Waals surface area contributed by atoms with Crippen molar-refractivity contribution in [1.82, 2.24) is 26.6 Å². The first kappa shape index (κ1) is 87.1. The average molecular weight is 1710 g/mol. The molecule has 107 heavy (non-hydrogen) atoms. The number of rotatable bonds is 10. The molecule has 9 aliphatic carbocycles. The lowest BCUT2D eigenvalue weighted by molar-refractivity contribution is -0.147. The predicted octanol–water partition coefficient (Wildman–Crippen LogP) is 17.1. The molecule has 14 nitrogen and oxygen atoms in total. The van der Waals surface area contributed by atoms with Gasteiger partial charge in [0.25, 0.3) is 17.7 Å². The van der Waals surface area contributed by atoms with Crippen LogP contribution in [-0.4, -0.2) is 126 Å². The Hall–Kier alpha value is -5.45. The summed E-state index contributed by atoms with van der Waals surface area (Å²) in [5.74, 6) is 19.2. The van der Waals surface area contributed by atoms with E-state index in [4.69, 9.17) is 42.1 Å². The highest BCUT2D eigenvalue weighted by Crippen LogP contribution is 2.65. The van der Waals surface area contributed by atoms with Crippen molar-refractivity contribution in [3.8, 4) is 35.5 Å². The second kappa shape index (κ2) is 34.7. The van der Waals surface area contributed by atoms with Gasteiger partial charge >= 0.3 is 18.5 Å². The van der Waals surface area contributed by atoms with Gasteiger partial charge in [0.1, 0.15) is 0 Å². The minimum absolute atomic E-state index is 0. The SMILES string of the molecule is C.C.CCCBr.COC1CCC2(CC1)Cc1ccc(C#CC3CC3)cc1C21N=C(N)N(CCC(F)(F)F)C1=O.COC1CCC2(CC1)Cc1ccc(C#CC3CC3)cc1C21N=C(SCCC(F)(F)F)N(CCC(F)(F)F)C1=O.COC1CCC2(CC1)Cc1ccc(C#CC3CC3)cc1C21NC(=S)NC1=O.I.N. The number of carbonyl (C=O) groups is 3. The molecule has 3 atom stereocenters. The lowest BCUT2D eigenvalue weighted by Crippen LogP contribution is -2.56. The number of aliphatic imine (C=N–C) groups is 2. The van der Waals surface area contributed by atoms with Crippen molar-refractivity contribution in [2.75, 3.05) is 45.5 Å². The molecule has 3 aromatic carbocycles. The van der Waals surface area contributed by atoms with E-state index in [2.05, 4.69) is 87.2 Å². The van der Waals surface area contributed by atoms with Crippen molar-refractivity contribution >= 4 is 97.8 Å². The number of halogens is 11. The molecule has 7 N–H and O–H groups in total. The first-order chi connectivity index (χ1) is 49.0. The standard InChI is InChI=1S/C28H30F6N2O2S.C25H28F3N3O2.C22H24N2O2S.C3H7Br.2CH4.HI.H3N/c1-38-21-8-10-25(11-9-21)17-20-7-6-19(5-4-18-2-3-18)16-22(20)28(25)23(37)36(14-12-26(29,30)31)24(35-28)39-15-13-27(32,33)34;1-33-19-8-10-23(11-9-19)15-18-7-6-17(5-4-16-2-3-16)14-20(18)25(23)21(32)31(22(29)30-25)13-12-24(26,27)28;1-26-17-8-10-21(11-9-17)13-16-7-6-15(5-4-14-2-3-14)12-18(16)22(21)19(25)23-20(27)24-22;1-2-3-4;;;;/h6-7,16,18,21H,2-3,8-15,17H2,1H3;6-7,14,16,19H,2-3,8-13,15H2,1H3,(H2,29,30);6-7,12,14,17H,2-3,8-11,13H2,1H3,(H2,23,24,25,27);2-3H2,1H3;2*1H4;1H;1H3. The van der Waals surface area contributed by atoms with Crippen LogP contribution in [0.2, 0.25) is 0 Å². The van der Waals surface area contributed by atoms with Crippen molar-refractivity contribution in [1.29, 1.82) is 0 Å². The summed E-state index contributed by atoms with van der Waals surface area (Å²) in [5, 5.41) is 7.80. The van der Waals surface area contributed by atoms with E-state index < -0.39 is 95.9 Å². The molecule has 0 aromatic heterocycles. The largest absolute Gasteiger partial charge is 0.390 e. The van der Waals surface area contributed by atoms with E-state index >= 15 is 0 Å². The molecular weight excluding hydrogens is 1610 g/mol. The van der Waals surface area contributed by atoms with Gasteiger partial charge < -0.3 is 36.7 Å². The van der Waals surface area contributed by atoms with E-state index in [1.807, 2.05) is 36.4 Å². The first-order valence-corrected chi connectivity index (χ1v) is 38.7. The van der Waals surface area contributed by atoms with Crippen LogP contribution in [0.1, 0.15) is 213 Å². The molecule has 12 aliphatic rings. The number of alkyl halides is 10. The Kier molecular flexibility index (Phi) is 28.2. The van der Waals surface area contributed by atoms with Crippen LogP contribution in [0.25, 0.3) is 0 Å². The van der Waals surface area contributed by atoms with E-state index in [-0.39, 0.29) is 85.7 Å². The fraction of sp³-hybridized carbons (Fsp3) is 0.625. The minimum atomic E-state index is -4.54. The number of amidine groups is 1. The molecule has 3 aliphatic heterocycles. The van der Waals surface area contributed by atoms with E-state index in [9.17, 15) is 53.9 Å². The average Bonchev–Trinajstić information content (AvgIpc) is 1.53. The maximum Gasteiger partial charge on any atom is 0.390 e. The number of guanidine groups is 1. The zero-order valence-electron chi connectivity index (χ0n) is 59.7. The maximum absolute atomic E-state index is 14.3. The summed E-state index contributed by atoms with van der Waals surface area (Å²) in [6.07, 6.45) is 2.74. The van der Waals surface area contributed by atoms with Gasteiger partial charge in [0.05, 0.1) is 37.6 Å². The quantitative estimate of drug-likeness (QED) is 0.0496. The third-order valence-corrected chi connectivity index (χ3v) is 25.1. The van der Waals surface area contributed by atoms with Crippen LogP contribution in [-0.2, 0) is 64.5 Å². The second-order valence-corrected chi connectivity index (χ2v) is 32.2. The van der Waals surface area contributed by atoms with Crippen molar-refractivity contribution in [2.24, 2.45) is 49.7 Å². The van der Waals surface area contributed by atoms with Crippen LogP contribution in [0.4, 0.5) is 39.5 Å². The van der Waals surface area contributed by atoms with Crippen molar-refractivity contribution in [2.45, 2.75) is 236 Å². The van der Waals surface area contributed by atoms with Crippen LogP contribution in [0.5, 0.6) is 0 Å². The van der Waals surface area contributed by atoms with Crippen molar-refractivity contribution < 1.29 is 68.1 Å². The summed E-state index contributed by atoms with van der Waals surface area (Å²) >= 11 is 9.32. The lowest BCUT2D eigenvalue weighted by atomic mass is 9.61. The molecule has 6 saturated carbocycles.